The molecule has 0 aromatic heterocycles. The van der Waals surface area contributed by atoms with Crippen molar-refractivity contribution in [3.05, 3.63) is 23.8 Å². The summed E-state index contributed by atoms with van der Waals surface area (Å²) >= 11 is 8.94. The molecule has 136 valence electrons. The zero-order chi connectivity index (χ0) is 18.0. The van der Waals surface area contributed by atoms with Crippen LogP contribution in [0.5, 0.6) is 0 Å². The fourth-order valence-corrected chi connectivity index (χ4v) is 7.91. The molecule has 0 aromatic rings. The van der Waals surface area contributed by atoms with Crippen molar-refractivity contribution >= 4 is 45.8 Å². The van der Waals surface area contributed by atoms with Crippen LogP contribution >= 0.6 is 34.2 Å². The summed E-state index contributed by atoms with van der Waals surface area (Å²) in [6.45, 7) is 4.65. The van der Waals surface area contributed by atoms with Crippen molar-refractivity contribution < 1.29 is 9.59 Å². The topological polar surface area (TPSA) is 34.1 Å². The number of hydrogen-bond donors (Lipinski definition) is 0. The van der Waals surface area contributed by atoms with Crippen LogP contribution in [0.1, 0.15) is 46.0 Å². The third kappa shape index (κ3) is 2.55. The highest BCUT2D eigenvalue weighted by Gasteiger charge is 2.62. The van der Waals surface area contributed by atoms with Gasteiger partial charge in [-0.1, -0.05) is 48.1 Å². The summed E-state index contributed by atoms with van der Waals surface area (Å²) < 4.78 is 0.567. The highest BCUT2D eigenvalue weighted by Crippen LogP contribution is 2.66. The van der Waals surface area contributed by atoms with Crippen molar-refractivity contribution in [1.29, 1.82) is 0 Å². The monoisotopic (exact) mass is 472 g/mol. The van der Waals surface area contributed by atoms with Gasteiger partial charge in [0.15, 0.2) is 5.78 Å². The van der Waals surface area contributed by atoms with E-state index in [4.69, 9.17) is 11.6 Å². The average Bonchev–Trinajstić information content (AvgIpc) is 2.85. The molecular formula is C21H26ClIO2. The van der Waals surface area contributed by atoms with E-state index >= 15 is 0 Å². The van der Waals surface area contributed by atoms with Gasteiger partial charge in [0.1, 0.15) is 5.78 Å². The standard InChI is InChI=1S/C21H26ClIO2/c1-20-7-5-13(24)9-12(20)3-4-14-15(20)6-8-21(2)16(14)10-17(22)19(21)18(25)11-23/h5,7,9,14-17,19H,3-4,6,8,10-11H2,1-2H3/t14-,15+,16+,17-,19-,20+,21+/m1/s1. The van der Waals surface area contributed by atoms with Crippen LogP contribution in [0.4, 0.5) is 0 Å². The van der Waals surface area contributed by atoms with E-state index in [0.29, 0.717) is 28.0 Å². The van der Waals surface area contributed by atoms with Gasteiger partial charge >= 0.3 is 0 Å². The van der Waals surface area contributed by atoms with Gasteiger partial charge in [-0.15, -0.1) is 11.6 Å². The third-order valence-corrected chi connectivity index (χ3v) is 9.21. The Hall–Kier alpha value is -0.160. The molecule has 0 unspecified atom stereocenters. The van der Waals surface area contributed by atoms with Gasteiger partial charge in [-0.25, -0.2) is 0 Å². The molecule has 0 radical (unpaired) electrons. The van der Waals surface area contributed by atoms with Crippen LogP contribution in [-0.2, 0) is 9.59 Å². The Morgan fingerprint density at radius 1 is 1.32 bits per heavy atom. The van der Waals surface area contributed by atoms with E-state index < -0.39 is 0 Å². The van der Waals surface area contributed by atoms with E-state index in [1.54, 1.807) is 6.08 Å². The number of hydrogen-bond acceptors (Lipinski definition) is 2. The number of allylic oxidation sites excluding steroid dienone is 4. The lowest BCUT2D eigenvalue weighted by molar-refractivity contribution is -0.126. The quantitative estimate of drug-likeness (QED) is 0.412. The Balaban J connectivity index is 1.68. The van der Waals surface area contributed by atoms with Crippen LogP contribution in [0.2, 0.25) is 0 Å². The zero-order valence-electron chi connectivity index (χ0n) is 14.9. The van der Waals surface area contributed by atoms with Gasteiger partial charge in [0.2, 0.25) is 0 Å². The molecule has 4 rings (SSSR count). The minimum atomic E-state index is -0.00997. The van der Waals surface area contributed by atoms with Gasteiger partial charge < -0.3 is 0 Å². The molecular weight excluding hydrogens is 447 g/mol. The molecule has 0 spiro atoms. The summed E-state index contributed by atoms with van der Waals surface area (Å²) in [5, 5.41) is -0.00997. The predicted molar refractivity (Wildman–Crippen MR) is 109 cm³/mol. The van der Waals surface area contributed by atoms with Gasteiger partial charge in [-0.3, -0.25) is 9.59 Å². The van der Waals surface area contributed by atoms with E-state index in [1.165, 1.54) is 5.57 Å². The van der Waals surface area contributed by atoms with Crippen molar-refractivity contribution in [3.8, 4) is 0 Å². The van der Waals surface area contributed by atoms with Gasteiger partial charge in [-0.2, -0.15) is 0 Å². The second-order valence-electron chi connectivity index (χ2n) is 8.98. The van der Waals surface area contributed by atoms with Crippen LogP contribution in [0.3, 0.4) is 0 Å². The first kappa shape index (κ1) is 18.2. The lowest BCUT2D eigenvalue weighted by atomic mass is 9.47. The van der Waals surface area contributed by atoms with E-state index in [1.807, 2.05) is 6.08 Å². The van der Waals surface area contributed by atoms with Crippen LogP contribution < -0.4 is 0 Å². The molecule has 25 heavy (non-hydrogen) atoms. The highest BCUT2D eigenvalue weighted by molar-refractivity contribution is 14.1. The number of carbonyl (C=O) groups excluding carboxylic acids is 2. The number of alkyl halides is 2. The maximum absolute atomic E-state index is 12.6. The number of Topliss-reactive ketones (excluding diaryl/α,β-unsaturated/α-hetero) is 1. The summed E-state index contributed by atoms with van der Waals surface area (Å²) in [5.74, 6) is 2.23. The van der Waals surface area contributed by atoms with Crippen LogP contribution in [0.15, 0.2) is 23.8 Å². The summed E-state index contributed by atoms with van der Waals surface area (Å²) in [7, 11) is 0. The highest BCUT2D eigenvalue weighted by atomic mass is 127. The number of halogens is 2. The Morgan fingerprint density at radius 3 is 2.80 bits per heavy atom. The SMILES string of the molecule is C[C@]12CC[C@H]3[C@@H](CCC4=CC(=O)C=C[C@@]43C)[C@@H]1C[C@@H](Cl)[C@@H]2C(=O)CI. The molecule has 4 aliphatic carbocycles. The lowest BCUT2D eigenvalue weighted by Crippen LogP contribution is -2.50. The molecule has 0 N–H and O–H groups in total. The smallest absolute Gasteiger partial charge is 0.178 e. The molecule has 3 fully saturated rings. The first-order valence-corrected chi connectivity index (χ1v) is 11.4. The molecule has 2 nitrogen and oxygen atoms in total. The van der Waals surface area contributed by atoms with E-state index in [9.17, 15) is 9.59 Å². The van der Waals surface area contributed by atoms with Crippen LogP contribution in [0, 0.1) is 34.5 Å². The molecule has 0 amide bonds. The maximum Gasteiger partial charge on any atom is 0.178 e. The summed E-state index contributed by atoms with van der Waals surface area (Å²) in [4.78, 5) is 24.5. The molecule has 4 aliphatic rings. The van der Waals surface area contributed by atoms with Crippen molar-refractivity contribution in [2.45, 2.75) is 51.3 Å². The van der Waals surface area contributed by atoms with Crippen molar-refractivity contribution in [1.82, 2.24) is 0 Å². The predicted octanol–water partition coefficient (Wildman–Crippen LogP) is 5.13. The Bertz CT molecular complexity index is 683. The van der Waals surface area contributed by atoms with E-state index in [2.05, 4.69) is 42.5 Å². The maximum atomic E-state index is 12.6. The zero-order valence-corrected chi connectivity index (χ0v) is 17.8. The normalized spacial score (nSPS) is 48.4. The largest absolute Gasteiger partial charge is 0.298 e. The Kier molecular flexibility index (Phi) is 4.51. The molecule has 4 heteroatoms. The molecule has 0 saturated heterocycles. The number of rotatable bonds is 2. The minimum absolute atomic E-state index is 0.00997. The fraction of sp³-hybridized carbons (Fsp3) is 0.714. The van der Waals surface area contributed by atoms with Gasteiger partial charge in [0.25, 0.3) is 0 Å². The molecule has 0 heterocycles. The Morgan fingerprint density at radius 2 is 2.08 bits per heavy atom. The van der Waals surface area contributed by atoms with E-state index in [0.717, 1.165) is 32.1 Å². The second kappa shape index (κ2) is 6.19. The molecule has 0 aliphatic heterocycles. The minimum Gasteiger partial charge on any atom is -0.298 e. The molecule has 0 bridgehead atoms. The van der Waals surface area contributed by atoms with Crippen molar-refractivity contribution in [2.24, 2.45) is 34.5 Å². The van der Waals surface area contributed by atoms with Crippen LogP contribution in [0.25, 0.3) is 0 Å². The number of carbonyl (C=O) groups is 2. The van der Waals surface area contributed by atoms with Gasteiger partial charge in [0, 0.05) is 16.7 Å². The number of ketones is 2. The fourth-order valence-electron chi connectivity index (χ4n) is 6.82. The average molecular weight is 473 g/mol. The first-order valence-electron chi connectivity index (χ1n) is 9.48. The summed E-state index contributed by atoms with van der Waals surface area (Å²) in [5.41, 5.74) is 1.40. The lowest BCUT2D eigenvalue weighted by Gasteiger charge is -2.56. The summed E-state index contributed by atoms with van der Waals surface area (Å²) in [6, 6.07) is 0. The first-order chi connectivity index (χ1) is 11.8. The molecule has 0 aromatic carbocycles. The summed E-state index contributed by atoms with van der Waals surface area (Å²) in [6.07, 6.45) is 11.2. The third-order valence-electron chi connectivity index (χ3n) is 8.02. The van der Waals surface area contributed by atoms with Crippen LogP contribution in [-0.4, -0.2) is 21.4 Å². The van der Waals surface area contributed by atoms with Crippen molar-refractivity contribution in [2.75, 3.05) is 4.43 Å². The van der Waals surface area contributed by atoms with E-state index in [-0.39, 0.29) is 27.9 Å². The second-order valence-corrected chi connectivity index (χ2v) is 10.3. The van der Waals surface area contributed by atoms with Gasteiger partial charge in [0.05, 0.1) is 4.43 Å². The molecule has 7 atom stereocenters. The van der Waals surface area contributed by atoms with Crippen molar-refractivity contribution in [3.63, 3.8) is 0 Å². The Labute approximate surface area is 169 Å². The molecule has 3 saturated carbocycles. The van der Waals surface area contributed by atoms with Gasteiger partial charge in [-0.05, 0) is 67.4 Å². The number of fused-ring (bicyclic) bond motifs is 5.